The van der Waals surface area contributed by atoms with Crippen LogP contribution in [0.2, 0.25) is 5.02 Å². The van der Waals surface area contributed by atoms with E-state index < -0.39 is 5.97 Å². The minimum Gasteiger partial charge on any atom is -0.462 e. The number of carbonyl (C=O) groups is 2. The maximum Gasteiger partial charge on any atom is 0.341 e. The molecule has 3 rings (SSSR count). The summed E-state index contributed by atoms with van der Waals surface area (Å²) in [7, 11) is 0. The number of esters is 1. The summed E-state index contributed by atoms with van der Waals surface area (Å²) in [5.74, 6) is -0.785. The standard InChI is InChI=1S/C23H20ClNO3S/c1-3-28-23(27)21-20(17-10-12-18(24)13-11-17)15(2)29-22(21)25-19(26)14-9-16-7-5-4-6-8-16/h4-14H,3H2,1-2H3,(H,25,26)/b14-9+. The number of aryl methyl sites for hydroxylation is 1. The van der Waals surface area contributed by atoms with Crippen LogP contribution in [0.1, 0.15) is 27.7 Å². The largest absolute Gasteiger partial charge is 0.462 e. The maximum absolute atomic E-state index is 12.7. The third-order valence-electron chi connectivity index (χ3n) is 4.16. The molecule has 1 heterocycles. The molecule has 0 unspecified atom stereocenters. The molecule has 29 heavy (non-hydrogen) atoms. The zero-order chi connectivity index (χ0) is 20.8. The molecule has 1 aromatic heterocycles. The number of halogens is 1. The molecule has 0 aliphatic heterocycles. The van der Waals surface area contributed by atoms with Crippen molar-refractivity contribution in [1.29, 1.82) is 0 Å². The lowest BCUT2D eigenvalue weighted by atomic mass is 10.0. The molecule has 0 saturated carbocycles. The highest BCUT2D eigenvalue weighted by Gasteiger charge is 2.25. The summed E-state index contributed by atoms with van der Waals surface area (Å²) in [6.45, 7) is 3.90. The Morgan fingerprint density at radius 1 is 1.10 bits per heavy atom. The highest BCUT2D eigenvalue weighted by molar-refractivity contribution is 7.17. The van der Waals surface area contributed by atoms with E-state index in [0.29, 0.717) is 15.6 Å². The van der Waals surface area contributed by atoms with E-state index in [1.54, 1.807) is 25.1 Å². The quantitative estimate of drug-likeness (QED) is 0.377. The fraction of sp³-hybridized carbons (Fsp3) is 0.130. The molecule has 0 spiro atoms. The summed E-state index contributed by atoms with van der Waals surface area (Å²) < 4.78 is 5.25. The Kier molecular flexibility index (Phi) is 6.86. The molecule has 3 aromatic rings. The molecule has 0 fully saturated rings. The van der Waals surface area contributed by atoms with E-state index >= 15 is 0 Å². The van der Waals surface area contributed by atoms with Crippen LogP contribution in [-0.2, 0) is 9.53 Å². The van der Waals surface area contributed by atoms with E-state index in [1.807, 2.05) is 49.4 Å². The first-order valence-electron chi connectivity index (χ1n) is 9.10. The number of thiophene rings is 1. The van der Waals surface area contributed by atoms with Crippen LogP contribution >= 0.6 is 22.9 Å². The third-order valence-corrected chi connectivity index (χ3v) is 5.43. The van der Waals surface area contributed by atoms with Gasteiger partial charge in [0.1, 0.15) is 10.6 Å². The first-order valence-corrected chi connectivity index (χ1v) is 10.3. The molecule has 1 N–H and O–H groups in total. The number of nitrogens with one attached hydrogen (secondary N) is 1. The Bertz CT molecular complexity index is 1040. The van der Waals surface area contributed by atoms with Crippen LogP contribution in [0.15, 0.2) is 60.7 Å². The third kappa shape index (κ3) is 5.13. The van der Waals surface area contributed by atoms with Crippen LogP contribution in [-0.4, -0.2) is 18.5 Å². The fourth-order valence-electron chi connectivity index (χ4n) is 2.88. The van der Waals surface area contributed by atoms with Crippen molar-refractivity contribution in [3.8, 4) is 11.1 Å². The van der Waals surface area contributed by atoms with Gasteiger partial charge in [-0.25, -0.2) is 4.79 Å². The highest BCUT2D eigenvalue weighted by Crippen LogP contribution is 2.40. The normalized spacial score (nSPS) is 10.9. The zero-order valence-corrected chi connectivity index (χ0v) is 17.6. The molecule has 148 valence electrons. The van der Waals surface area contributed by atoms with E-state index in [2.05, 4.69) is 5.32 Å². The molecule has 0 saturated heterocycles. The second-order valence-electron chi connectivity index (χ2n) is 6.20. The molecule has 0 radical (unpaired) electrons. The predicted molar refractivity (Wildman–Crippen MR) is 120 cm³/mol. The first-order chi connectivity index (χ1) is 14.0. The van der Waals surface area contributed by atoms with E-state index in [-0.39, 0.29) is 12.5 Å². The lowest BCUT2D eigenvalue weighted by molar-refractivity contribution is -0.111. The van der Waals surface area contributed by atoms with Gasteiger partial charge < -0.3 is 10.1 Å². The number of anilines is 1. The van der Waals surface area contributed by atoms with Crippen LogP contribution < -0.4 is 5.32 Å². The molecule has 0 aliphatic carbocycles. The van der Waals surface area contributed by atoms with Crippen LogP contribution in [0, 0.1) is 6.92 Å². The van der Waals surface area contributed by atoms with Crippen LogP contribution in [0.4, 0.5) is 5.00 Å². The first kappa shape index (κ1) is 20.8. The lowest BCUT2D eigenvalue weighted by Gasteiger charge is -2.08. The van der Waals surface area contributed by atoms with E-state index in [9.17, 15) is 9.59 Å². The number of benzene rings is 2. The SMILES string of the molecule is CCOC(=O)c1c(NC(=O)/C=C/c2ccccc2)sc(C)c1-c1ccc(Cl)cc1. The highest BCUT2D eigenvalue weighted by atomic mass is 35.5. The summed E-state index contributed by atoms with van der Waals surface area (Å²) in [5.41, 5.74) is 2.86. The summed E-state index contributed by atoms with van der Waals surface area (Å²) in [4.78, 5) is 26.0. The van der Waals surface area contributed by atoms with E-state index in [1.165, 1.54) is 17.4 Å². The number of amides is 1. The van der Waals surface area contributed by atoms with Crippen molar-refractivity contribution in [3.05, 3.63) is 81.7 Å². The van der Waals surface area contributed by atoms with Gasteiger partial charge in [0.05, 0.1) is 6.61 Å². The average Bonchev–Trinajstić information content (AvgIpc) is 3.03. The van der Waals surface area contributed by atoms with Crippen molar-refractivity contribution < 1.29 is 14.3 Å². The van der Waals surface area contributed by atoms with Crippen LogP contribution in [0.3, 0.4) is 0 Å². The van der Waals surface area contributed by atoms with Crippen molar-refractivity contribution in [2.45, 2.75) is 13.8 Å². The number of rotatable bonds is 6. The van der Waals surface area contributed by atoms with Gasteiger partial charge in [-0.05, 0) is 43.2 Å². The number of hydrogen-bond donors (Lipinski definition) is 1. The van der Waals surface area contributed by atoms with Gasteiger partial charge in [0.2, 0.25) is 5.91 Å². The fourth-order valence-corrected chi connectivity index (χ4v) is 4.08. The molecule has 2 aromatic carbocycles. The van der Waals surface area contributed by atoms with E-state index in [4.69, 9.17) is 16.3 Å². The van der Waals surface area contributed by atoms with Crippen molar-refractivity contribution >= 4 is 45.9 Å². The van der Waals surface area contributed by atoms with Crippen molar-refractivity contribution in [2.24, 2.45) is 0 Å². The molecule has 6 heteroatoms. The minimum absolute atomic E-state index is 0.245. The molecular formula is C23H20ClNO3S. The Balaban J connectivity index is 1.94. The molecular weight excluding hydrogens is 406 g/mol. The van der Waals surface area contributed by atoms with E-state index in [0.717, 1.165) is 21.6 Å². The van der Waals surface area contributed by atoms with Gasteiger partial charge in [0, 0.05) is 21.5 Å². The molecule has 1 amide bonds. The van der Waals surface area contributed by atoms with Gasteiger partial charge >= 0.3 is 5.97 Å². The average molecular weight is 426 g/mol. The van der Waals surface area contributed by atoms with Gasteiger partial charge in [-0.1, -0.05) is 54.1 Å². The topological polar surface area (TPSA) is 55.4 Å². The summed E-state index contributed by atoms with van der Waals surface area (Å²) in [6, 6.07) is 16.8. The van der Waals surface area contributed by atoms with Gasteiger partial charge in [-0.15, -0.1) is 11.3 Å². The number of ether oxygens (including phenoxy) is 1. The van der Waals surface area contributed by atoms with Crippen LogP contribution in [0.25, 0.3) is 17.2 Å². The Hall–Kier alpha value is -2.89. The van der Waals surface area contributed by atoms with Gasteiger partial charge in [0.25, 0.3) is 0 Å². The molecule has 0 bridgehead atoms. The summed E-state index contributed by atoms with van der Waals surface area (Å²) in [6.07, 6.45) is 3.17. The smallest absolute Gasteiger partial charge is 0.341 e. The Morgan fingerprint density at radius 2 is 1.79 bits per heavy atom. The minimum atomic E-state index is -0.468. The summed E-state index contributed by atoms with van der Waals surface area (Å²) >= 11 is 7.34. The maximum atomic E-state index is 12.7. The molecule has 0 atom stereocenters. The van der Waals surface area contributed by atoms with Crippen molar-refractivity contribution in [3.63, 3.8) is 0 Å². The summed E-state index contributed by atoms with van der Waals surface area (Å²) in [5, 5.41) is 3.90. The van der Waals surface area contributed by atoms with Crippen molar-refractivity contribution in [1.82, 2.24) is 0 Å². The predicted octanol–water partition coefficient (Wildman–Crippen LogP) is 6.21. The number of hydrogen-bond acceptors (Lipinski definition) is 4. The lowest BCUT2D eigenvalue weighted by Crippen LogP contribution is -2.12. The van der Waals surface area contributed by atoms with Gasteiger partial charge in [-0.3, -0.25) is 4.79 Å². The zero-order valence-electron chi connectivity index (χ0n) is 16.1. The van der Waals surface area contributed by atoms with Crippen LogP contribution in [0.5, 0.6) is 0 Å². The Labute approximate surface area is 178 Å². The van der Waals surface area contributed by atoms with Gasteiger partial charge in [0.15, 0.2) is 0 Å². The second kappa shape index (κ2) is 9.54. The molecule has 0 aliphatic rings. The monoisotopic (exact) mass is 425 g/mol. The molecule has 4 nitrogen and oxygen atoms in total. The Morgan fingerprint density at radius 3 is 2.45 bits per heavy atom. The number of carbonyl (C=O) groups excluding carboxylic acids is 2. The van der Waals surface area contributed by atoms with Gasteiger partial charge in [-0.2, -0.15) is 0 Å². The van der Waals surface area contributed by atoms with Crippen molar-refractivity contribution in [2.75, 3.05) is 11.9 Å². The second-order valence-corrected chi connectivity index (χ2v) is 7.86.